The van der Waals surface area contributed by atoms with Crippen molar-refractivity contribution in [2.45, 2.75) is 64.5 Å². The van der Waals surface area contributed by atoms with Crippen molar-refractivity contribution in [1.29, 1.82) is 0 Å². The number of hydrogen-bond acceptors (Lipinski definition) is 5. The normalized spacial score (nSPS) is 21.0. The van der Waals surface area contributed by atoms with Crippen LogP contribution in [-0.2, 0) is 26.0 Å². The predicted octanol–water partition coefficient (Wildman–Crippen LogP) is 3.54. The van der Waals surface area contributed by atoms with Gasteiger partial charge in [0, 0.05) is 38.0 Å². The number of ether oxygens (including phenoxy) is 1. The fourth-order valence-corrected chi connectivity index (χ4v) is 5.66. The molecule has 9 heteroatoms. The summed E-state index contributed by atoms with van der Waals surface area (Å²) >= 11 is 0. The molecule has 2 atom stereocenters. The van der Waals surface area contributed by atoms with Crippen molar-refractivity contribution in [3.05, 3.63) is 29.8 Å². The highest BCUT2D eigenvalue weighted by Crippen LogP contribution is 2.23. The van der Waals surface area contributed by atoms with Crippen molar-refractivity contribution in [2.24, 2.45) is 5.92 Å². The van der Waals surface area contributed by atoms with Gasteiger partial charge in [0.15, 0.2) is 0 Å². The van der Waals surface area contributed by atoms with Gasteiger partial charge in [-0.3, -0.25) is 4.79 Å². The van der Waals surface area contributed by atoms with Gasteiger partial charge in [0.05, 0.1) is 6.26 Å². The molecule has 0 aromatic heterocycles. The van der Waals surface area contributed by atoms with Crippen LogP contribution in [-0.4, -0.2) is 74.7 Å². The Balaban J connectivity index is 0.00000385. The molecule has 2 aliphatic heterocycles. The van der Waals surface area contributed by atoms with Gasteiger partial charge in [-0.1, -0.05) is 19.1 Å². The highest BCUT2D eigenvalue weighted by Gasteiger charge is 2.27. The summed E-state index contributed by atoms with van der Waals surface area (Å²) in [6.07, 6.45) is 6.54. The van der Waals surface area contributed by atoms with Crippen LogP contribution in [0.1, 0.15) is 51.5 Å². The summed E-state index contributed by atoms with van der Waals surface area (Å²) in [5.74, 6) is 0.472. The number of halogens is 1. The van der Waals surface area contributed by atoms with E-state index in [1.54, 1.807) is 4.31 Å². The SMILES string of the molecule is CCCN(CC1CCN(S(C)(=O)=O)CC1)C(C)Cc1cccc(NC(=O)C2CCCO2)c1.Cl. The average molecular weight is 502 g/mol. The minimum absolute atomic E-state index is 0. The number of nitrogens with one attached hydrogen (secondary N) is 1. The maximum absolute atomic E-state index is 12.4. The minimum atomic E-state index is -3.08. The molecule has 2 unspecified atom stereocenters. The second kappa shape index (κ2) is 13.0. The highest BCUT2D eigenvalue weighted by atomic mass is 35.5. The molecule has 2 heterocycles. The zero-order valence-electron chi connectivity index (χ0n) is 20.2. The number of rotatable bonds is 10. The molecule has 33 heavy (non-hydrogen) atoms. The maximum Gasteiger partial charge on any atom is 0.253 e. The lowest BCUT2D eigenvalue weighted by Gasteiger charge is -2.36. The van der Waals surface area contributed by atoms with E-state index < -0.39 is 10.0 Å². The highest BCUT2D eigenvalue weighted by molar-refractivity contribution is 7.88. The van der Waals surface area contributed by atoms with Crippen molar-refractivity contribution in [3.63, 3.8) is 0 Å². The van der Waals surface area contributed by atoms with Crippen molar-refractivity contribution in [1.82, 2.24) is 9.21 Å². The first-order valence-corrected chi connectivity index (χ1v) is 13.8. The molecule has 1 N–H and O–H groups in total. The van der Waals surface area contributed by atoms with Gasteiger partial charge in [0.25, 0.3) is 5.91 Å². The van der Waals surface area contributed by atoms with Gasteiger partial charge in [0.1, 0.15) is 6.10 Å². The topological polar surface area (TPSA) is 79.0 Å². The molecule has 1 aromatic rings. The van der Waals surface area contributed by atoms with Gasteiger partial charge in [-0.2, -0.15) is 0 Å². The van der Waals surface area contributed by atoms with E-state index in [2.05, 4.69) is 36.2 Å². The fourth-order valence-electron chi connectivity index (χ4n) is 4.79. The summed E-state index contributed by atoms with van der Waals surface area (Å²) in [7, 11) is -3.08. The third-order valence-electron chi connectivity index (χ3n) is 6.62. The maximum atomic E-state index is 12.4. The smallest absolute Gasteiger partial charge is 0.253 e. The van der Waals surface area contributed by atoms with Crippen LogP contribution in [0.2, 0.25) is 0 Å². The Labute approximate surface area is 205 Å². The lowest BCUT2D eigenvalue weighted by Crippen LogP contribution is -2.44. The van der Waals surface area contributed by atoms with E-state index in [1.807, 2.05) is 12.1 Å². The van der Waals surface area contributed by atoms with Crippen molar-refractivity contribution >= 4 is 34.0 Å². The third kappa shape index (κ3) is 8.51. The van der Waals surface area contributed by atoms with Crippen LogP contribution in [0.15, 0.2) is 24.3 Å². The molecule has 188 valence electrons. The van der Waals surface area contributed by atoms with Crippen LogP contribution in [0.25, 0.3) is 0 Å². The number of nitrogens with zero attached hydrogens (tertiary/aromatic N) is 2. The van der Waals surface area contributed by atoms with Crippen molar-refractivity contribution in [3.8, 4) is 0 Å². The Morgan fingerprint density at radius 2 is 2.00 bits per heavy atom. The molecule has 0 radical (unpaired) electrons. The molecule has 3 rings (SSSR count). The van der Waals surface area contributed by atoms with Crippen LogP contribution in [0.5, 0.6) is 0 Å². The molecule has 2 aliphatic rings. The molecule has 0 bridgehead atoms. The van der Waals surface area contributed by atoms with Crippen LogP contribution < -0.4 is 5.32 Å². The summed E-state index contributed by atoms with van der Waals surface area (Å²) in [6, 6.07) is 8.48. The molecule has 2 fully saturated rings. The Hall–Kier alpha value is -1.19. The van der Waals surface area contributed by atoms with E-state index in [1.165, 1.54) is 11.8 Å². The van der Waals surface area contributed by atoms with Gasteiger partial charge >= 0.3 is 0 Å². The third-order valence-corrected chi connectivity index (χ3v) is 7.92. The number of carbonyl (C=O) groups excluding carboxylic acids is 1. The molecular weight excluding hydrogens is 462 g/mol. The van der Waals surface area contributed by atoms with Gasteiger partial charge in [-0.25, -0.2) is 12.7 Å². The van der Waals surface area contributed by atoms with Crippen molar-refractivity contribution in [2.75, 3.05) is 44.4 Å². The Morgan fingerprint density at radius 3 is 2.61 bits per heavy atom. The van der Waals surface area contributed by atoms with Gasteiger partial charge in [-0.15, -0.1) is 12.4 Å². The van der Waals surface area contributed by atoms with Crippen LogP contribution >= 0.6 is 12.4 Å². The summed E-state index contributed by atoms with van der Waals surface area (Å²) < 4.78 is 30.6. The van der Waals surface area contributed by atoms with E-state index in [9.17, 15) is 13.2 Å². The van der Waals surface area contributed by atoms with Crippen LogP contribution in [0.4, 0.5) is 5.69 Å². The first kappa shape index (κ1) is 28.1. The van der Waals surface area contributed by atoms with E-state index in [-0.39, 0.29) is 24.4 Å². The summed E-state index contributed by atoms with van der Waals surface area (Å²) in [5, 5.41) is 3.00. The number of carbonyl (C=O) groups is 1. The largest absolute Gasteiger partial charge is 0.368 e. The van der Waals surface area contributed by atoms with E-state index in [0.717, 1.165) is 57.3 Å². The molecule has 0 spiro atoms. The molecule has 0 aliphatic carbocycles. The number of piperidine rings is 1. The zero-order valence-corrected chi connectivity index (χ0v) is 21.8. The first-order chi connectivity index (χ1) is 15.3. The summed E-state index contributed by atoms with van der Waals surface area (Å²) in [4.78, 5) is 14.9. The lowest BCUT2D eigenvalue weighted by atomic mass is 9.96. The summed E-state index contributed by atoms with van der Waals surface area (Å²) in [6.45, 7) is 8.42. The second-order valence-electron chi connectivity index (χ2n) is 9.34. The van der Waals surface area contributed by atoms with E-state index in [0.29, 0.717) is 31.7 Å². The zero-order chi connectivity index (χ0) is 23.1. The Bertz CT molecular complexity index is 853. The molecule has 0 saturated carbocycles. The Morgan fingerprint density at radius 1 is 1.27 bits per heavy atom. The number of sulfonamides is 1. The number of hydrogen-bond donors (Lipinski definition) is 1. The predicted molar refractivity (Wildman–Crippen MR) is 135 cm³/mol. The summed E-state index contributed by atoms with van der Waals surface area (Å²) in [5.41, 5.74) is 2.03. The standard InChI is InChI=1S/C24H39N3O4S.ClH/c1-4-12-26(18-20-10-13-27(14-11-20)32(3,29)30)19(2)16-21-7-5-8-22(17-21)25-24(28)23-9-6-15-31-23;/h5,7-8,17,19-20,23H,4,6,9-16,18H2,1-3H3,(H,25,28);1H. The monoisotopic (exact) mass is 501 g/mol. The van der Waals surface area contributed by atoms with Gasteiger partial charge < -0.3 is 15.0 Å². The van der Waals surface area contributed by atoms with E-state index in [4.69, 9.17) is 4.74 Å². The first-order valence-electron chi connectivity index (χ1n) is 12.0. The quantitative estimate of drug-likeness (QED) is 0.530. The van der Waals surface area contributed by atoms with Crippen LogP contribution in [0.3, 0.4) is 0 Å². The lowest BCUT2D eigenvalue weighted by molar-refractivity contribution is -0.124. The number of benzene rings is 1. The van der Waals surface area contributed by atoms with Crippen molar-refractivity contribution < 1.29 is 17.9 Å². The van der Waals surface area contributed by atoms with Gasteiger partial charge in [0.2, 0.25) is 10.0 Å². The molecule has 2 saturated heterocycles. The minimum Gasteiger partial charge on any atom is -0.368 e. The molecular formula is C24H40ClN3O4S. The second-order valence-corrected chi connectivity index (χ2v) is 11.3. The van der Waals surface area contributed by atoms with Crippen LogP contribution in [0, 0.1) is 5.92 Å². The number of anilines is 1. The fraction of sp³-hybridized carbons (Fsp3) is 0.708. The average Bonchev–Trinajstić information content (AvgIpc) is 3.28. The molecule has 1 amide bonds. The van der Waals surface area contributed by atoms with E-state index >= 15 is 0 Å². The molecule has 1 aromatic carbocycles. The Kier molecular flexibility index (Phi) is 11.1. The molecule has 7 nitrogen and oxygen atoms in total. The number of amides is 1. The van der Waals surface area contributed by atoms with Gasteiger partial charge in [-0.05, 0) is 75.6 Å².